The number of hydrogen-bond acceptors (Lipinski definition) is 6. The summed E-state index contributed by atoms with van der Waals surface area (Å²) in [7, 11) is 1.66. The first kappa shape index (κ1) is 23.0. The number of benzene rings is 1. The second-order valence-corrected chi connectivity index (χ2v) is 8.31. The van der Waals surface area contributed by atoms with Gasteiger partial charge in [-0.25, -0.2) is 0 Å². The van der Waals surface area contributed by atoms with Gasteiger partial charge in [0, 0.05) is 46.4 Å². The van der Waals surface area contributed by atoms with Crippen LogP contribution in [0.5, 0.6) is 0 Å². The van der Waals surface area contributed by atoms with Crippen LogP contribution in [0, 0.1) is 10.1 Å². The Labute approximate surface area is 187 Å². The molecule has 0 radical (unpaired) electrons. The summed E-state index contributed by atoms with van der Waals surface area (Å²) < 4.78 is 47.0. The maximum absolute atomic E-state index is 13.7. The average Bonchev–Trinajstić information content (AvgIpc) is 3.20. The van der Waals surface area contributed by atoms with Crippen molar-refractivity contribution in [2.75, 3.05) is 44.3 Å². The van der Waals surface area contributed by atoms with E-state index in [2.05, 4.69) is 4.98 Å². The lowest BCUT2D eigenvalue weighted by atomic mass is 9.72. The molecule has 0 atom stereocenters. The summed E-state index contributed by atoms with van der Waals surface area (Å²) in [6, 6.07) is 4.98. The standard InChI is InChI=1S/C21H24F3N5O4/c1-26-14-25-17(29(31)32)18(26)27-7-9-28(10-8-27)19(30)20(5-11-33-12-6-20)15-3-2-4-16(13-15)21(22,23)24/h2-4,13-14H,5-12H2,1H3. The molecule has 0 unspecified atom stereocenters. The largest absolute Gasteiger partial charge is 0.416 e. The molecule has 0 bridgehead atoms. The Morgan fingerprint density at radius 1 is 1.18 bits per heavy atom. The lowest BCUT2D eigenvalue weighted by Crippen LogP contribution is -2.56. The lowest BCUT2D eigenvalue weighted by Gasteiger charge is -2.43. The van der Waals surface area contributed by atoms with Crippen LogP contribution in [0.25, 0.3) is 0 Å². The minimum atomic E-state index is -4.51. The molecule has 2 fully saturated rings. The van der Waals surface area contributed by atoms with Gasteiger partial charge in [-0.1, -0.05) is 18.2 Å². The molecule has 0 saturated carbocycles. The van der Waals surface area contributed by atoms with Crippen molar-refractivity contribution < 1.29 is 27.6 Å². The first-order valence-corrected chi connectivity index (χ1v) is 10.6. The van der Waals surface area contributed by atoms with Gasteiger partial charge in [-0.15, -0.1) is 0 Å². The summed E-state index contributed by atoms with van der Waals surface area (Å²) in [5, 5.41) is 11.3. The van der Waals surface area contributed by atoms with Crippen LogP contribution in [0.1, 0.15) is 24.0 Å². The number of carbonyl (C=O) groups is 1. The topological polar surface area (TPSA) is 93.7 Å². The third kappa shape index (κ3) is 4.26. The number of rotatable bonds is 4. The molecule has 4 rings (SSSR count). The number of imidazole rings is 1. The molecule has 9 nitrogen and oxygen atoms in total. The Morgan fingerprint density at radius 3 is 2.45 bits per heavy atom. The van der Waals surface area contributed by atoms with Gasteiger partial charge in [0.1, 0.15) is 0 Å². The third-order valence-electron chi connectivity index (χ3n) is 6.42. The number of carbonyl (C=O) groups excluding carboxylic acids is 1. The predicted octanol–water partition coefficient (Wildman–Crippen LogP) is 2.74. The summed E-state index contributed by atoms with van der Waals surface area (Å²) >= 11 is 0. The Morgan fingerprint density at radius 2 is 1.85 bits per heavy atom. The Bertz CT molecular complexity index is 1040. The molecule has 12 heteroatoms. The molecule has 0 spiro atoms. The van der Waals surface area contributed by atoms with E-state index in [-0.39, 0.29) is 24.9 Å². The highest BCUT2D eigenvalue weighted by molar-refractivity contribution is 5.89. The molecular formula is C21H24F3N5O4. The number of halogens is 3. The van der Waals surface area contributed by atoms with Gasteiger partial charge in [-0.05, 0) is 34.4 Å². The number of hydrogen-bond donors (Lipinski definition) is 0. The van der Waals surface area contributed by atoms with Crippen LogP contribution in [0.3, 0.4) is 0 Å². The second kappa shape index (κ2) is 8.65. The minimum absolute atomic E-state index is 0.232. The number of piperazine rings is 1. The number of ether oxygens (including phenoxy) is 1. The van der Waals surface area contributed by atoms with E-state index in [0.29, 0.717) is 50.4 Å². The summed E-state index contributed by atoms with van der Waals surface area (Å²) in [6.07, 6.45) is -2.55. The van der Waals surface area contributed by atoms with E-state index in [1.807, 2.05) is 0 Å². The Hall–Kier alpha value is -3.15. The maximum atomic E-state index is 13.7. The first-order valence-electron chi connectivity index (χ1n) is 10.6. The van der Waals surface area contributed by atoms with E-state index in [1.165, 1.54) is 12.4 Å². The zero-order valence-corrected chi connectivity index (χ0v) is 18.0. The lowest BCUT2D eigenvalue weighted by molar-refractivity contribution is -0.388. The highest BCUT2D eigenvalue weighted by atomic mass is 19.4. The third-order valence-corrected chi connectivity index (χ3v) is 6.42. The number of nitrogens with zero attached hydrogens (tertiary/aromatic N) is 5. The van der Waals surface area contributed by atoms with E-state index in [4.69, 9.17) is 4.74 Å². The average molecular weight is 467 g/mol. The van der Waals surface area contributed by atoms with Crippen molar-refractivity contribution in [3.63, 3.8) is 0 Å². The molecule has 3 heterocycles. The molecule has 1 amide bonds. The van der Waals surface area contributed by atoms with Gasteiger partial charge in [0.15, 0.2) is 0 Å². The fourth-order valence-corrected chi connectivity index (χ4v) is 4.67. The van der Waals surface area contributed by atoms with Crippen molar-refractivity contribution in [1.82, 2.24) is 14.5 Å². The van der Waals surface area contributed by atoms with Crippen molar-refractivity contribution in [3.8, 4) is 0 Å². The molecule has 2 aromatic rings. The maximum Gasteiger partial charge on any atom is 0.416 e. The Kier molecular flexibility index (Phi) is 6.04. The molecule has 1 aromatic carbocycles. The molecule has 33 heavy (non-hydrogen) atoms. The van der Waals surface area contributed by atoms with E-state index < -0.39 is 22.1 Å². The van der Waals surface area contributed by atoms with Crippen LogP contribution in [-0.4, -0.2) is 64.7 Å². The molecule has 0 N–H and O–H groups in total. The van der Waals surface area contributed by atoms with Crippen LogP contribution >= 0.6 is 0 Å². The molecule has 178 valence electrons. The normalized spacial score (nSPS) is 18.9. The number of aromatic nitrogens is 2. The molecule has 2 aliphatic heterocycles. The van der Waals surface area contributed by atoms with Crippen molar-refractivity contribution in [1.29, 1.82) is 0 Å². The molecule has 2 saturated heterocycles. The summed E-state index contributed by atoms with van der Waals surface area (Å²) in [5.74, 6) is -0.114. The summed E-state index contributed by atoms with van der Waals surface area (Å²) in [6.45, 7) is 1.85. The number of alkyl halides is 3. The number of nitro groups is 1. The van der Waals surface area contributed by atoms with Crippen molar-refractivity contribution in [2.45, 2.75) is 24.4 Å². The number of amides is 1. The predicted molar refractivity (Wildman–Crippen MR) is 112 cm³/mol. The molecule has 0 aliphatic carbocycles. The van der Waals surface area contributed by atoms with E-state index in [9.17, 15) is 28.1 Å². The van der Waals surface area contributed by atoms with Gasteiger partial charge in [-0.3, -0.25) is 9.36 Å². The monoisotopic (exact) mass is 467 g/mol. The smallest absolute Gasteiger partial charge is 0.381 e. The molecule has 1 aromatic heterocycles. The van der Waals surface area contributed by atoms with Crippen LogP contribution in [0.15, 0.2) is 30.6 Å². The SMILES string of the molecule is Cn1cnc([N+](=O)[O-])c1N1CCN(C(=O)C2(c3cccc(C(F)(F)F)c3)CCOCC2)CC1. The molecule has 2 aliphatic rings. The van der Waals surface area contributed by atoms with Gasteiger partial charge in [0.25, 0.3) is 0 Å². The summed E-state index contributed by atoms with van der Waals surface area (Å²) in [5.41, 5.74) is -1.54. The van der Waals surface area contributed by atoms with Gasteiger partial charge in [0.05, 0.1) is 11.0 Å². The van der Waals surface area contributed by atoms with E-state index in [1.54, 1.807) is 27.5 Å². The number of anilines is 1. The van der Waals surface area contributed by atoms with Crippen molar-refractivity contribution in [3.05, 3.63) is 51.8 Å². The number of aryl methyl sites for hydroxylation is 1. The van der Waals surface area contributed by atoms with E-state index >= 15 is 0 Å². The zero-order chi connectivity index (χ0) is 23.8. The van der Waals surface area contributed by atoms with Gasteiger partial charge in [0.2, 0.25) is 18.1 Å². The minimum Gasteiger partial charge on any atom is -0.381 e. The van der Waals surface area contributed by atoms with Gasteiger partial charge in [-0.2, -0.15) is 13.2 Å². The highest BCUT2D eigenvalue weighted by Gasteiger charge is 2.46. The quantitative estimate of drug-likeness (QED) is 0.507. The van der Waals surface area contributed by atoms with Gasteiger partial charge < -0.3 is 24.7 Å². The molecular weight excluding hydrogens is 443 g/mol. The van der Waals surface area contributed by atoms with E-state index in [0.717, 1.165) is 12.1 Å². The Balaban J connectivity index is 1.57. The first-order chi connectivity index (χ1) is 15.6. The zero-order valence-electron chi connectivity index (χ0n) is 18.0. The summed E-state index contributed by atoms with van der Waals surface area (Å²) in [4.78, 5) is 31.8. The fraction of sp³-hybridized carbons (Fsp3) is 0.524. The van der Waals surface area contributed by atoms with Gasteiger partial charge >= 0.3 is 12.0 Å². The van der Waals surface area contributed by atoms with Crippen LogP contribution < -0.4 is 4.90 Å². The fourth-order valence-electron chi connectivity index (χ4n) is 4.67. The van der Waals surface area contributed by atoms with Crippen LogP contribution in [-0.2, 0) is 28.2 Å². The van der Waals surface area contributed by atoms with Crippen LogP contribution in [0.4, 0.5) is 24.8 Å². The van der Waals surface area contributed by atoms with Crippen molar-refractivity contribution in [2.24, 2.45) is 7.05 Å². The van der Waals surface area contributed by atoms with Crippen molar-refractivity contribution >= 4 is 17.5 Å². The second-order valence-electron chi connectivity index (χ2n) is 8.31. The highest BCUT2D eigenvalue weighted by Crippen LogP contribution is 2.40. The van der Waals surface area contributed by atoms with Crippen LogP contribution in [0.2, 0.25) is 0 Å².